The number of nitrogens with zero attached hydrogens (tertiary/aromatic N) is 2. The van der Waals surface area contributed by atoms with Crippen LogP contribution in [0.2, 0.25) is 0 Å². The summed E-state index contributed by atoms with van der Waals surface area (Å²) in [6, 6.07) is 0.258. The number of thiophene rings is 1. The van der Waals surface area contributed by atoms with Gasteiger partial charge in [0.2, 0.25) is 0 Å². The molecule has 3 heterocycles. The van der Waals surface area contributed by atoms with Crippen molar-refractivity contribution in [3.8, 4) is 0 Å². The first kappa shape index (κ1) is 10.7. The van der Waals surface area contributed by atoms with E-state index in [-0.39, 0.29) is 6.04 Å². The minimum atomic E-state index is 0.258. The number of aromatic nitrogens is 1. The number of hydrogen-bond donors (Lipinski definition) is 1. The van der Waals surface area contributed by atoms with Crippen molar-refractivity contribution in [2.75, 3.05) is 23.8 Å². The van der Waals surface area contributed by atoms with Crippen LogP contribution < -0.4 is 10.2 Å². The van der Waals surface area contributed by atoms with Gasteiger partial charge in [0.1, 0.15) is 5.76 Å². The van der Waals surface area contributed by atoms with E-state index >= 15 is 0 Å². The third kappa shape index (κ3) is 1.61. The highest BCUT2D eigenvalue weighted by atomic mass is 32.1. The maximum absolute atomic E-state index is 5.25. The summed E-state index contributed by atoms with van der Waals surface area (Å²) in [4.78, 5) is 2.28. The summed E-state index contributed by atoms with van der Waals surface area (Å²) < 4.78 is 5.25. The minimum Gasteiger partial charge on any atom is -0.374 e. The topological polar surface area (TPSA) is 41.3 Å². The molecule has 4 nitrogen and oxygen atoms in total. The zero-order chi connectivity index (χ0) is 12.0. The smallest absolute Gasteiger partial charge is 0.139 e. The van der Waals surface area contributed by atoms with E-state index in [1.807, 2.05) is 13.8 Å². The lowest BCUT2D eigenvalue weighted by Gasteiger charge is -2.33. The van der Waals surface area contributed by atoms with E-state index in [4.69, 9.17) is 4.52 Å². The average Bonchev–Trinajstić information content (AvgIpc) is 2.86. The van der Waals surface area contributed by atoms with Crippen LogP contribution in [0.4, 0.5) is 11.4 Å². The molecule has 17 heavy (non-hydrogen) atoms. The molecule has 0 bridgehead atoms. The van der Waals surface area contributed by atoms with E-state index in [9.17, 15) is 0 Å². The Morgan fingerprint density at radius 3 is 3.00 bits per heavy atom. The summed E-state index contributed by atoms with van der Waals surface area (Å²) in [7, 11) is 2.12. The minimum absolute atomic E-state index is 0.258. The molecule has 0 aromatic carbocycles. The molecular formula is C12H15N3OS. The SMILES string of the molecule is Cc1noc(C)c1C1CN(C)c2cscc2N1. The fraction of sp³-hybridized carbons (Fsp3) is 0.417. The van der Waals surface area contributed by atoms with E-state index in [0.717, 1.165) is 18.0 Å². The normalized spacial score (nSPS) is 19.0. The van der Waals surface area contributed by atoms with Crippen LogP contribution in [0, 0.1) is 13.8 Å². The van der Waals surface area contributed by atoms with Gasteiger partial charge >= 0.3 is 0 Å². The van der Waals surface area contributed by atoms with Gasteiger partial charge in [0, 0.05) is 29.9 Å². The zero-order valence-electron chi connectivity index (χ0n) is 10.2. The predicted octanol–water partition coefficient (Wildman–Crippen LogP) is 2.96. The van der Waals surface area contributed by atoms with Crippen molar-refractivity contribution in [3.05, 3.63) is 27.8 Å². The van der Waals surface area contributed by atoms with Crippen LogP contribution in [0.25, 0.3) is 0 Å². The van der Waals surface area contributed by atoms with Crippen molar-refractivity contribution >= 4 is 22.7 Å². The molecule has 2 aromatic rings. The Morgan fingerprint density at radius 1 is 1.47 bits per heavy atom. The molecule has 0 fully saturated rings. The Kier molecular flexibility index (Phi) is 2.36. The molecule has 1 N–H and O–H groups in total. The molecule has 0 aliphatic carbocycles. The average molecular weight is 249 g/mol. The summed E-state index contributed by atoms with van der Waals surface area (Å²) >= 11 is 1.72. The maximum Gasteiger partial charge on any atom is 0.139 e. The van der Waals surface area contributed by atoms with Crippen molar-refractivity contribution < 1.29 is 4.52 Å². The predicted molar refractivity (Wildman–Crippen MR) is 69.9 cm³/mol. The molecule has 2 aromatic heterocycles. The Hall–Kier alpha value is -1.49. The fourth-order valence-corrected chi connectivity index (χ4v) is 3.28. The lowest BCUT2D eigenvalue weighted by Crippen LogP contribution is -2.33. The second-order valence-corrected chi connectivity index (χ2v) is 5.23. The highest BCUT2D eigenvalue weighted by molar-refractivity contribution is 7.09. The van der Waals surface area contributed by atoms with Crippen molar-refractivity contribution in [1.29, 1.82) is 0 Å². The van der Waals surface area contributed by atoms with E-state index in [1.165, 1.54) is 16.9 Å². The van der Waals surface area contributed by atoms with Crippen LogP contribution >= 0.6 is 11.3 Å². The molecule has 0 saturated heterocycles. The second-order valence-electron chi connectivity index (χ2n) is 4.49. The first-order valence-corrected chi connectivity index (χ1v) is 6.57. The maximum atomic E-state index is 5.25. The Labute approximate surface area is 104 Å². The molecule has 90 valence electrons. The number of rotatable bonds is 1. The molecule has 5 heteroatoms. The van der Waals surface area contributed by atoms with Crippen LogP contribution in [0.3, 0.4) is 0 Å². The van der Waals surface area contributed by atoms with Gasteiger partial charge in [-0.1, -0.05) is 5.16 Å². The Morgan fingerprint density at radius 2 is 2.29 bits per heavy atom. The van der Waals surface area contributed by atoms with Crippen LogP contribution in [-0.2, 0) is 0 Å². The lowest BCUT2D eigenvalue weighted by atomic mass is 10.0. The van der Waals surface area contributed by atoms with Gasteiger partial charge in [0.15, 0.2) is 0 Å². The summed E-state index contributed by atoms with van der Waals surface area (Å²) in [5, 5.41) is 11.9. The van der Waals surface area contributed by atoms with Gasteiger partial charge < -0.3 is 14.7 Å². The number of hydrogen-bond acceptors (Lipinski definition) is 5. The first-order valence-electron chi connectivity index (χ1n) is 5.63. The molecule has 0 spiro atoms. The number of likely N-dealkylation sites (N-methyl/N-ethyl adjacent to an activating group) is 1. The fourth-order valence-electron chi connectivity index (χ4n) is 2.45. The summed E-state index contributed by atoms with van der Waals surface area (Å²) in [6.07, 6.45) is 0. The monoisotopic (exact) mass is 249 g/mol. The highest BCUT2D eigenvalue weighted by Crippen LogP contribution is 2.38. The van der Waals surface area contributed by atoms with Crippen LogP contribution in [0.5, 0.6) is 0 Å². The largest absolute Gasteiger partial charge is 0.374 e. The molecular weight excluding hydrogens is 234 g/mol. The third-order valence-electron chi connectivity index (χ3n) is 3.28. The van der Waals surface area contributed by atoms with Crippen LogP contribution in [0.1, 0.15) is 23.1 Å². The van der Waals surface area contributed by atoms with E-state index in [2.05, 4.69) is 33.2 Å². The lowest BCUT2D eigenvalue weighted by molar-refractivity contribution is 0.391. The van der Waals surface area contributed by atoms with Crippen molar-refractivity contribution in [1.82, 2.24) is 5.16 Å². The van der Waals surface area contributed by atoms with Crippen molar-refractivity contribution in [2.24, 2.45) is 0 Å². The standard InChI is InChI=1S/C12H15N3OS/c1-7-12(8(2)16-14-7)9-4-15(3)11-6-17-5-10(11)13-9/h5-6,9,13H,4H2,1-3H3. The second kappa shape index (κ2) is 3.77. The molecule has 1 atom stereocenters. The summed E-state index contributed by atoms with van der Waals surface area (Å²) in [5.74, 6) is 0.909. The van der Waals surface area contributed by atoms with Crippen LogP contribution in [0.15, 0.2) is 15.3 Å². The zero-order valence-corrected chi connectivity index (χ0v) is 11.0. The van der Waals surface area contributed by atoms with E-state index in [0.29, 0.717) is 0 Å². The van der Waals surface area contributed by atoms with Gasteiger partial charge in [0.05, 0.1) is 23.1 Å². The molecule has 1 unspecified atom stereocenters. The summed E-state index contributed by atoms with van der Waals surface area (Å²) in [6.45, 7) is 4.91. The Bertz CT molecular complexity index is 526. The number of aryl methyl sites for hydroxylation is 2. The van der Waals surface area contributed by atoms with Gasteiger partial charge in [-0.3, -0.25) is 0 Å². The molecule has 0 saturated carbocycles. The first-order chi connectivity index (χ1) is 8.16. The van der Waals surface area contributed by atoms with E-state index in [1.54, 1.807) is 11.3 Å². The van der Waals surface area contributed by atoms with Gasteiger partial charge in [-0.2, -0.15) is 0 Å². The highest BCUT2D eigenvalue weighted by Gasteiger charge is 2.27. The van der Waals surface area contributed by atoms with Gasteiger partial charge in [-0.05, 0) is 13.8 Å². The van der Waals surface area contributed by atoms with Gasteiger partial charge in [0.25, 0.3) is 0 Å². The molecule has 0 radical (unpaired) electrons. The van der Waals surface area contributed by atoms with E-state index < -0.39 is 0 Å². The molecule has 1 aliphatic heterocycles. The number of nitrogens with one attached hydrogen (secondary N) is 1. The van der Waals surface area contributed by atoms with Crippen molar-refractivity contribution in [2.45, 2.75) is 19.9 Å². The number of anilines is 2. The molecule has 3 rings (SSSR count). The van der Waals surface area contributed by atoms with Crippen molar-refractivity contribution in [3.63, 3.8) is 0 Å². The van der Waals surface area contributed by atoms with Gasteiger partial charge in [-0.15, -0.1) is 11.3 Å². The molecule has 0 amide bonds. The Balaban J connectivity index is 1.98. The van der Waals surface area contributed by atoms with Crippen LogP contribution in [-0.4, -0.2) is 18.7 Å². The quantitative estimate of drug-likeness (QED) is 0.843. The number of fused-ring (bicyclic) bond motifs is 1. The third-order valence-corrected chi connectivity index (χ3v) is 4.01. The molecule has 1 aliphatic rings. The summed E-state index contributed by atoms with van der Waals surface area (Å²) in [5.41, 5.74) is 4.65. The van der Waals surface area contributed by atoms with Gasteiger partial charge in [-0.25, -0.2) is 0 Å².